The van der Waals surface area contributed by atoms with Gasteiger partial charge in [-0.1, -0.05) is 5.16 Å². The molecule has 1 fully saturated rings. The van der Waals surface area contributed by atoms with E-state index in [4.69, 9.17) is 14.4 Å². The number of aliphatic hydroxyl groups excluding tert-OH is 1. The predicted molar refractivity (Wildman–Crippen MR) is 76.0 cm³/mol. The van der Waals surface area contributed by atoms with Crippen molar-refractivity contribution in [2.24, 2.45) is 0 Å². The van der Waals surface area contributed by atoms with Crippen LogP contribution in [-0.2, 0) is 4.74 Å². The summed E-state index contributed by atoms with van der Waals surface area (Å²) in [6.45, 7) is 4.18. The van der Waals surface area contributed by atoms with Crippen molar-refractivity contribution >= 4 is 17.7 Å². The summed E-state index contributed by atoms with van der Waals surface area (Å²) in [4.78, 5) is 12.2. The first-order valence-corrected chi connectivity index (χ1v) is 7.77. The molecular formula is C13H20N2O4S. The topological polar surface area (TPSA) is 84.6 Å². The fourth-order valence-electron chi connectivity index (χ4n) is 2.29. The number of aromatic nitrogens is 1. The van der Waals surface area contributed by atoms with Gasteiger partial charge in [0.25, 0.3) is 5.91 Å². The van der Waals surface area contributed by atoms with Crippen LogP contribution in [0, 0.1) is 13.8 Å². The summed E-state index contributed by atoms with van der Waals surface area (Å²) in [5, 5.41) is 15.6. The molecule has 2 N–H and O–H groups in total. The summed E-state index contributed by atoms with van der Waals surface area (Å²) in [6, 6.07) is 0. The van der Waals surface area contributed by atoms with Gasteiger partial charge in [-0.05, 0) is 26.0 Å². The zero-order valence-corrected chi connectivity index (χ0v) is 12.6. The minimum Gasteiger partial charge on any atom is -0.394 e. The number of carbonyl (C=O) groups is 1. The van der Waals surface area contributed by atoms with E-state index in [1.165, 1.54) is 0 Å². The molecule has 20 heavy (non-hydrogen) atoms. The van der Waals surface area contributed by atoms with Crippen molar-refractivity contribution in [1.82, 2.24) is 10.5 Å². The molecule has 112 valence electrons. The van der Waals surface area contributed by atoms with Crippen molar-refractivity contribution < 1.29 is 19.2 Å². The molecule has 1 amide bonds. The molecule has 1 atom stereocenters. The third-order valence-corrected chi connectivity index (χ3v) is 4.62. The van der Waals surface area contributed by atoms with Gasteiger partial charge in [0.05, 0.1) is 24.5 Å². The minimum atomic E-state index is -0.373. The van der Waals surface area contributed by atoms with Gasteiger partial charge in [-0.15, -0.1) is 0 Å². The number of amides is 1. The standard InChI is InChI=1S/C13H20N2O4S/c1-9-11(10(2)19-15-9)12(17)14-7-13(18-5-4-16)3-6-20-8-13/h16H,3-8H2,1-2H3,(H,14,17). The normalized spacial score (nSPS) is 22.1. The lowest BCUT2D eigenvalue weighted by atomic mass is 10.0. The van der Waals surface area contributed by atoms with Gasteiger partial charge in [0.2, 0.25) is 0 Å². The first-order chi connectivity index (χ1) is 9.58. The number of hydrogen-bond donors (Lipinski definition) is 2. The summed E-state index contributed by atoms with van der Waals surface area (Å²) in [6.07, 6.45) is 0.875. The molecule has 1 unspecified atom stereocenters. The minimum absolute atomic E-state index is 0.00969. The third-order valence-electron chi connectivity index (χ3n) is 3.40. The van der Waals surface area contributed by atoms with Crippen molar-refractivity contribution in [3.8, 4) is 0 Å². The molecule has 0 spiro atoms. The SMILES string of the molecule is Cc1noc(C)c1C(=O)NCC1(OCCO)CCSC1. The van der Waals surface area contributed by atoms with Crippen LogP contribution in [0.1, 0.15) is 28.2 Å². The van der Waals surface area contributed by atoms with Crippen molar-refractivity contribution in [2.45, 2.75) is 25.9 Å². The largest absolute Gasteiger partial charge is 0.394 e. The molecule has 1 aromatic heterocycles. The Morgan fingerprint density at radius 1 is 1.60 bits per heavy atom. The van der Waals surface area contributed by atoms with Gasteiger partial charge in [0.1, 0.15) is 11.3 Å². The second kappa shape index (κ2) is 6.60. The molecule has 0 aliphatic carbocycles. The highest BCUT2D eigenvalue weighted by atomic mass is 32.2. The average Bonchev–Trinajstić information content (AvgIpc) is 3.02. The quantitative estimate of drug-likeness (QED) is 0.812. The van der Waals surface area contributed by atoms with E-state index in [0.29, 0.717) is 30.2 Å². The number of nitrogens with one attached hydrogen (secondary N) is 1. The number of rotatable bonds is 6. The lowest BCUT2D eigenvalue weighted by molar-refractivity contribution is -0.0378. The van der Waals surface area contributed by atoms with Crippen molar-refractivity contribution in [3.05, 3.63) is 17.0 Å². The Hall–Kier alpha value is -1.05. The number of aryl methyl sites for hydroxylation is 2. The van der Waals surface area contributed by atoms with Crippen LogP contribution in [0.4, 0.5) is 0 Å². The molecule has 0 aromatic carbocycles. The van der Waals surface area contributed by atoms with E-state index < -0.39 is 0 Å². The highest BCUT2D eigenvalue weighted by Gasteiger charge is 2.36. The van der Waals surface area contributed by atoms with Crippen LogP contribution in [-0.4, -0.2) is 53.0 Å². The van der Waals surface area contributed by atoms with Crippen molar-refractivity contribution in [1.29, 1.82) is 0 Å². The molecule has 1 aliphatic rings. The van der Waals surface area contributed by atoms with Gasteiger partial charge >= 0.3 is 0 Å². The van der Waals surface area contributed by atoms with E-state index >= 15 is 0 Å². The molecule has 0 radical (unpaired) electrons. The van der Waals surface area contributed by atoms with Crippen molar-refractivity contribution in [3.63, 3.8) is 0 Å². The predicted octanol–water partition coefficient (Wildman–Crippen LogP) is 0.906. The van der Waals surface area contributed by atoms with Crippen LogP contribution in [0.25, 0.3) is 0 Å². The van der Waals surface area contributed by atoms with E-state index in [9.17, 15) is 4.79 Å². The molecule has 0 saturated carbocycles. The number of nitrogens with zero attached hydrogens (tertiary/aromatic N) is 1. The summed E-state index contributed by atoms with van der Waals surface area (Å²) in [7, 11) is 0. The Bertz CT molecular complexity index is 449. The van der Waals surface area contributed by atoms with Gasteiger partial charge in [-0.25, -0.2) is 0 Å². The number of carbonyl (C=O) groups excluding carboxylic acids is 1. The Labute approximate surface area is 122 Å². The molecule has 7 heteroatoms. The summed E-state index contributed by atoms with van der Waals surface area (Å²) in [5.41, 5.74) is 0.709. The fraction of sp³-hybridized carbons (Fsp3) is 0.692. The van der Waals surface area contributed by atoms with Crippen molar-refractivity contribution in [2.75, 3.05) is 31.3 Å². The van der Waals surface area contributed by atoms with Gasteiger partial charge in [0, 0.05) is 12.3 Å². The van der Waals surface area contributed by atoms with E-state index in [1.807, 2.05) is 0 Å². The molecule has 0 bridgehead atoms. The maximum Gasteiger partial charge on any atom is 0.256 e. The number of thioether (sulfide) groups is 1. The fourth-order valence-corrected chi connectivity index (χ4v) is 3.65. The number of ether oxygens (including phenoxy) is 1. The number of aliphatic hydroxyl groups is 1. The van der Waals surface area contributed by atoms with Crippen LogP contribution in [0.2, 0.25) is 0 Å². The number of hydrogen-bond acceptors (Lipinski definition) is 6. The van der Waals surface area contributed by atoms with Crippen LogP contribution in [0.3, 0.4) is 0 Å². The Morgan fingerprint density at radius 3 is 2.95 bits per heavy atom. The molecule has 2 heterocycles. The Kier molecular flexibility index (Phi) is 5.06. The van der Waals surface area contributed by atoms with Crippen LogP contribution < -0.4 is 5.32 Å². The maximum absolute atomic E-state index is 12.2. The smallest absolute Gasteiger partial charge is 0.256 e. The van der Waals surface area contributed by atoms with E-state index in [1.54, 1.807) is 25.6 Å². The second-order valence-corrected chi connectivity index (χ2v) is 6.04. The zero-order valence-electron chi connectivity index (χ0n) is 11.8. The molecule has 2 rings (SSSR count). The lowest BCUT2D eigenvalue weighted by Crippen LogP contribution is -2.46. The molecule has 1 aromatic rings. The summed E-state index contributed by atoms with van der Waals surface area (Å²) < 4.78 is 10.7. The van der Waals surface area contributed by atoms with Crippen LogP contribution in [0.15, 0.2) is 4.52 Å². The van der Waals surface area contributed by atoms with Gasteiger partial charge in [0.15, 0.2) is 0 Å². The third kappa shape index (κ3) is 3.34. The van der Waals surface area contributed by atoms with Gasteiger partial charge < -0.3 is 19.7 Å². The molecule has 1 aliphatic heterocycles. The first-order valence-electron chi connectivity index (χ1n) is 6.62. The van der Waals surface area contributed by atoms with Gasteiger partial charge in [-0.3, -0.25) is 4.79 Å². The Morgan fingerprint density at radius 2 is 2.40 bits per heavy atom. The lowest BCUT2D eigenvalue weighted by Gasteiger charge is -2.28. The summed E-state index contributed by atoms with van der Waals surface area (Å²) in [5.74, 6) is 2.16. The van der Waals surface area contributed by atoms with E-state index in [0.717, 1.165) is 17.9 Å². The average molecular weight is 300 g/mol. The van der Waals surface area contributed by atoms with Crippen LogP contribution >= 0.6 is 11.8 Å². The molecular weight excluding hydrogens is 280 g/mol. The van der Waals surface area contributed by atoms with Crippen LogP contribution in [0.5, 0.6) is 0 Å². The monoisotopic (exact) mass is 300 g/mol. The maximum atomic E-state index is 12.2. The Balaban J connectivity index is 1.97. The second-order valence-electron chi connectivity index (χ2n) is 4.94. The summed E-state index contributed by atoms with van der Waals surface area (Å²) >= 11 is 1.80. The molecule has 6 nitrogen and oxygen atoms in total. The van der Waals surface area contributed by atoms with E-state index in [2.05, 4.69) is 10.5 Å². The highest BCUT2D eigenvalue weighted by Crippen LogP contribution is 2.31. The van der Waals surface area contributed by atoms with Gasteiger partial charge in [-0.2, -0.15) is 11.8 Å². The van der Waals surface area contributed by atoms with E-state index in [-0.39, 0.29) is 18.1 Å². The highest BCUT2D eigenvalue weighted by molar-refractivity contribution is 7.99. The first kappa shape index (κ1) is 15.3. The molecule has 1 saturated heterocycles. The zero-order chi connectivity index (χ0) is 14.6.